The number of benzene rings is 2. The number of rotatable bonds is 7. The third-order valence-corrected chi connectivity index (χ3v) is 3.98. The molecule has 1 amide bonds. The molecule has 7 nitrogen and oxygen atoms in total. The number of hydrogen-bond donors (Lipinski definition) is 2. The molecule has 0 unspecified atom stereocenters. The number of nitrogens with zero attached hydrogens (tertiary/aromatic N) is 1. The highest BCUT2D eigenvalue weighted by Gasteiger charge is 2.10. The van der Waals surface area contributed by atoms with E-state index in [9.17, 15) is 4.79 Å². The topological polar surface area (TPSA) is 81.7 Å². The first-order valence-electron chi connectivity index (χ1n) is 8.53. The highest BCUT2D eigenvalue weighted by atomic mass is 16.5. The van der Waals surface area contributed by atoms with Crippen LogP contribution in [0.4, 0.5) is 17.2 Å². The van der Waals surface area contributed by atoms with Crippen LogP contribution in [0, 0.1) is 0 Å². The van der Waals surface area contributed by atoms with E-state index in [-0.39, 0.29) is 5.91 Å². The number of pyridine rings is 1. The van der Waals surface area contributed by atoms with E-state index >= 15 is 0 Å². The molecule has 0 aliphatic rings. The molecule has 0 radical (unpaired) electrons. The lowest BCUT2D eigenvalue weighted by atomic mass is 10.2. The van der Waals surface area contributed by atoms with E-state index in [1.807, 2.05) is 24.3 Å². The van der Waals surface area contributed by atoms with Gasteiger partial charge < -0.3 is 24.8 Å². The second kappa shape index (κ2) is 8.77. The Morgan fingerprint density at radius 3 is 2.14 bits per heavy atom. The second-order valence-electron chi connectivity index (χ2n) is 5.84. The minimum atomic E-state index is -0.285. The summed E-state index contributed by atoms with van der Waals surface area (Å²) in [4.78, 5) is 16.8. The average molecular weight is 379 g/mol. The van der Waals surface area contributed by atoms with Crippen molar-refractivity contribution in [1.29, 1.82) is 0 Å². The smallest absolute Gasteiger partial charge is 0.255 e. The van der Waals surface area contributed by atoms with Crippen molar-refractivity contribution in [1.82, 2.24) is 4.98 Å². The molecule has 1 heterocycles. The van der Waals surface area contributed by atoms with Gasteiger partial charge in [0, 0.05) is 23.4 Å². The minimum absolute atomic E-state index is 0.285. The predicted octanol–water partition coefficient (Wildman–Crippen LogP) is 4.10. The van der Waals surface area contributed by atoms with Crippen molar-refractivity contribution in [2.75, 3.05) is 32.0 Å². The SMILES string of the molecule is COc1cccc(Nc2ccc(NC(=O)c3cc(OC)cc(OC)c3)cn2)c1. The van der Waals surface area contributed by atoms with E-state index in [0.29, 0.717) is 28.6 Å². The first kappa shape index (κ1) is 19.0. The molecule has 0 saturated heterocycles. The van der Waals surface area contributed by atoms with E-state index in [4.69, 9.17) is 14.2 Å². The molecule has 0 bridgehead atoms. The molecule has 7 heteroatoms. The van der Waals surface area contributed by atoms with Crippen LogP contribution in [-0.4, -0.2) is 32.2 Å². The second-order valence-corrected chi connectivity index (χ2v) is 5.84. The molecule has 0 aliphatic heterocycles. The Morgan fingerprint density at radius 2 is 1.54 bits per heavy atom. The molecule has 0 saturated carbocycles. The summed E-state index contributed by atoms with van der Waals surface area (Å²) in [5.74, 6) is 2.20. The maximum absolute atomic E-state index is 12.5. The summed E-state index contributed by atoms with van der Waals surface area (Å²) in [5, 5.41) is 5.99. The number of amides is 1. The standard InChI is InChI=1S/C21H21N3O4/c1-26-17-6-4-5-15(11-17)23-20-8-7-16(13-22-20)24-21(25)14-9-18(27-2)12-19(10-14)28-3/h4-13H,1-3H3,(H,22,23)(H,24,25). The largest absolute Gasteiger partial charge is 0.497 e. The first-order valence-corrected chi connectivity index (χ1v) is 8.53. The lowest BCUT2D eigenvalue weighted by Crippen LogP contribution is -2.12. The van der Waals surface area contributed by atoms with Crippen LogP contribution in [0.15, 0.2) is 60.8 Å². The number of ether oxygens (including phenoxy) is 3. The molecule has 0 spiro atoms. The van der Waals surface area contributed by atoms with E-state index in [1.165, 1.54) is 14.2 Å². The number of nitrogens with one attached hydrogen (secondary N) is 2. The zero-order chi connectivity index (χ0) is 19.9. The zero-order valence-electron chi connectivity index (χ0n) is 15.9. The number of hydrogen-bond acceptors (Lipinski definition) is 6. The van der Waals surface area contributed by atoms with Crippen molar-refractivity contribution in [3.63, 3.8) is 0 Å². The van der Waals surface area contributed by atoms with Gasteiger partial charge in [-0.25, -0.2) is 4.98 Å². The molecule has 1 aromatic heterocycles. The van der Waals surface area contributed by atoms with E-state index < -0.39 is 0 Å². The number of carbonyl (C=O) groups excluding carboxylic acids is 1. The molecule has 0 fully saturated rings. The van der Waals surface area contributed by atoms with Crippen LogP contribution in [0.5, 0.6) is 17.2 Å². The van der Waals surface area contributed by atoms with Gasteiger partial charge in [-0.05, 0) is 36.4 Å². The van der Waals surface area contributed by atoms with Crippen LogP contribution >= 0.6 is 0 Å². The Morgan fingerprint density at radius 1 is 0.821 bits per heavy atom. The molecule has 28 heavy (non-hydrogen) atoms. The average Bonchev–Trinajstić information content (AvgIpc) is 2.74. The summed E-state index contributed by atoms with van der Waals surface area (Å²) >= 11 is 0. The van der Waals surface area contributed by atoms with Gasteiger partial charge in [-0.15, -0.1) is 0 Å². The van der Waals surface area contributed by atoms with Crippen LogP contribution in [0.2, 0.25) is 0 Å². The lowest BCUT2D eigenvalue weighted by Gasteiger charge is -2.10. The summed E-state index contributed by atoms with van der Waals surface area (Å²) in [6.45, 7) is 0. The van der Waals surface area contributed by atoms with Crippen molar-refractivity contribution in [2.45, 2.75) is 0 Å². The van der Waals surface area contributed by atoms with Gasteiger partial charge in [-0.3, -0.25) is 4.79 Å². The van der Waals surface area contributed by atoms with Gasteiger partial charge in [-0.2, -0.15) is 0 Å². The molecule has 2 N–H and O–H groups in total. The highest BCUT2D eigenvalue weighted by molar-refractivity contribution is 6.04. The van der Waals surface area contributed by atoms with Gasteiger partial charge in [0.15, 0.2) is 0 Å². The highest BCUT2D eigenvalue weighted by Crippen LogP contribution is 2.24. The molecule has 3 aromatic rings. The van der Waals surface area contributed by atoms with E-state index in [1.54, 1.807) is 43.6 Å². The van der Waals surface area contributed by atoms with Crippen molar-refractivity contribution < 1.29 is 19.0 Å². The fourth-order valence-corrected chi connectivity index (χ4v) is 2.53. The summed E-state index contributed by atoms with van der Waals surface area (Å²) in [5.41, 5.74) is 1.85. The van der Waals surface area contributed by atoms with Crippen LogP contribution in [0.1, 0.15) is 10.4 Å². The summed E-state index contributed by atoms with van der Waals surface area (Å²) < 4.78 is 15.6. The summed E-state index contributed by atoms with van der Waals surface area (Å²) in [6.07, 6.45) is 1.58. The number of aromatic nitrogens is 1. The molecule has 0 aliphatic carbocycles. The molecule has 3 rings (SSSR count). The molecular formula is C21H21N3O4. The zero-order valence-corrected chi connectivity index (χ0v) is 15.9. The third kappa shape index (κ3) is 4.70. The Kier molecular flexibility index (Phi) is 5.96. The molecule has 2 aromatic carbocycles. The van der Waals surface area contributed by atoms with Gasteiger partial charge >= 0.3 is 0 Å². The molecular weight excluding hydrogens is 358 g/mol. The van der Waals surface area contributed by atoms with Crippen LogP contribution in [-0.2, 0) is 0 Å². The Labute approximate surface area is 163 Å². The monoisotopic (exact) mass is 379 g/mol. The van der Waals surface area contributed by atoms with Crippen molar-refractivity contribution >= 4 is 23.1 Å². The molecule has 0 atom stereocenters. The van der Waals surface area contributed by atoms with Crippen molar-refractivity contribution in [2.24, 2.45) is 0 Å². The first-order chi connectivity index (χ1) is 13.6. The summed E-state index contributed by atoms with van der Waals surface area (Å²) in [6, 6.07) is 16.1. The van der Waals surface area contributed by atoms with E-state index in [2.05, 4.69) is 15.6 Å². The van der Waals surface area contributed by atoms with Crippen LogP contribution in [0.25, 0.3) is 0 Å². The van der Waals surface area contributed by atoms with Crippen molar-refractivity contribution in [3.8, 4) is 17.2 Å². The predicted molar refractivity (Wildman–Crippen MR) is 108 cm³/mol. The Balaban J connectivity index is 1.69. The Bertz CT molecular complexity index is 936. The Hall–Kier alpha value is -3.74. The van der Waals surface area contributed by atoms with Gasteiger partial charge in [0.05, 0.1) is 33.2 Å². The van der Waals surface area contributed by atoms with Crippen LogP contribution < -0.4 is 24.8 Å². The lowest BCUT2D eigenvalue weighted by molar-refractivity contribution is 0.102. The van der Waals surface area contributed by atoms with Gasteiger partial charge in [0.1, 0.15) is 23.1 Å². The molecule has 144 valence electrons. The fourth-order valence-electron chi connectivity index (χ4n) is 2.53. The number of methoxy groups -OCH3 is 3. The maximum Gasteiger partial charge on any atom is 0.255 e. The van der Waals surface area contributed by atoms with Crippen molar-refractivity contribution in [3.05, 3.63) is 66.4 Å². The van der Waals surface area contributed by atoms with Gasteiger partial charge in [0.2, 0.25) is 0 Å². The maximum atomic E-state index is 12.5. The third-order valence-electron chi connectivity index (χ3n) is 3.98. The number of anilines is 3. The number of carbonyl (C=O) groups is 1. The van der Waals surface area contributed by atoms with Gasteiger partial charge in [-0.1, -0.05) is 6.07 Å². The van der Waals surface area contributed by atoms with E-state index in [0.717, 1.165) is 11.4 Å². The fraction of sp³-hybridized carbons (Fsp3) is 0.143. The minimum Gasteiger partial charge on any atom is -0.497 e. The quantitative estimate of drug-likeness (QED) is 0.643. The van der Waals surface area contributed by atoms with Crippen LogP contribution in [0.3, 0.4) is 0 Å². The normalized spacial score (nSPS) is 10.1. The van der Waals surface area contributed by atoms with Gasteiger partial charge in [0.25, 0.3) is 5.91 Å². The summed E-state index contributed by atoms with van der Waals surface area (Å²) in [7, 11) is 4.69.